The molecule has 100 valence electrons. The van der Waals surface area contributed by atoms with Gasteiger partial charge in [-0.25, -0.2) is 0 Å². The smallest absolute Gasteiger partial charge is 0.305 e. The summed E-state index contributed by atoms with van der Waals surface area (Å²) >= 11 is 0. The molecule has 0 aliphatic carbocycles. The molecule has 0 aliphatic rings. The number of carbonyl (C=O) groups excluding carboxylic acids is 1. The molecule has 0 aromatic heterocycles. The molecule has 0 heterocycles. The van der Waals surface area contributed by atoms with Crippen LogP contribution in [-0.4, -0.2) is 12.6 Å². The standard InChI is InChI=1S/C14H22N2O2/c1-2-3-4-5-14(17)18-9-8-11-6-7-12(15)10-13(11)16/h6-7,10H,2-5,8-9,15-16H2,1H3. The van der Waals surface area contributed by atoms with Crippen molar-refractivity contribution >= 4 is 17.3 Å². The summed E-state index contributed by atoms with van der Waals surface area (Å²) in [6, 6.07) is 5.39. The summed E-state index contributed by atoms with van der Waals surface area (Å²) in [5.41, 5.74) is 13.7. The Balaban J connectivity index is 2.26. The largest absolute Gasteiger partial charge is 0.465 e. The van der Waals surface area contributed by atoms with Crippen LogP contribution in [0, 0.1) is 0 Å². The van der Waals surface area contributed by atoms with Crippen molar-refractivity contribution in [1.82, 2.24) is 0 Å². The quantitative estimate of drug-likeness (QED) is 0.443. The minimum absolute atomic E-state index is 0.127. The highest BCUT2D eigenvalue weighted by Crippen LogP contribution is 2.16. The van der Waals surface area contributed by atoms with Gasteiger partial charge in [-0.3, -0.25) is 4.79 Å². The molecule has 4 nitrogen and oxygen atoms in total. The average molecular weight is 250 g/mol. The highest BCUT2D eigenvalue weighted by Gasteiger charge is 2.04. The van der Waals surface area contributed by atoms with Gasteiger partial charge in [-0.05, 0) is 24.1 Å². The van der Waals surface area contributed by atoms with E-state index in [1.165, 1.54) is 0 Å². The Morgan fingerprint density at radius 1 is 1.28 bits per heavy atom. The molecule has 0 radical (unpaired) electrons. The fraction of sp³-hybridized carbons (Fsp3) is 0.500. The van der Waals surface area contributed by atoms with Crippen LogP contribution in [0.4, 0.5) is 11.4 Å². The summed E-state index contributed by atoms with van der Waals surface area (Å²) < 4.78 is 5.15. The first-order valence-corrected chi connectivity index (χ1v) is 6.43. The van der Waals surface area contributed by atoms with E-state index >= 15 is 0 Å². The number of nitrogen functional groups attached to an aromatic ring is 2. The Morgan fingerprint density at radius 2 is 2.06 bits per heavy atom. The fourth-order valence-electron chi connectivity index (χ4n) is 1.71. The highest BCUT2D eigenvalue weighted by atomic mass is 16.5. The van der Waals surface area contributed by atoms with E-state index in [-0.39, 0.29) is 5.97 Å². The lowest BCUT2D eigenvalue weighted by atomic mass is 10.1. The molecular formula is C14H22N2O2. The molecule has 18 heavy (non-hydrogen) atoms. The van der Waals surface area contributed by atoms with Crippen LogP contribution in [0.3, 0.4) is 0 Å². The van der Waals surface area contributed by atoms with E-state index in [9.17, 15) is 4.79 Å². The molecule has 0 spiro atoms. The minimum Gasteiger partial charge on any atom is -0.465 e. The first kappa shape index (κ1) is 14.4. The molecule has 4 N–H and O–H groups in total. The van der Waals surface area contributed by atoms with Gasteiger partial charge in [0.15, 0.2) is 0 Å². The summed E-state index contributed by atoms with van der Waals surface area (Å²) in [5.74, 6) is -0.127. The van der Waals surface area contributed by atoms with E-state index in [4.69, 9.17) is 16.2 Å². The maximum Gasteiger partial charge on any atom is 0.305 e. The van der Waals surface area contributed by atoms with Gasteiger partial charge >= 0.3 is 5.97 Å². The summed E-state index contributed by atoms with van der Waals surface area (Å²) in [7, 11) is 0. The second-order valence-electron chi connectivity index (χ2n) is 4.39. The lowest BCUT2D eigenvalue weighted by Gasteiger charge is -2.07. The van der Waals surface area contributed by atoms with Gasteiger partial charge in [-0.15, -0.1) is 0 Å². The lowest BCUT2D eigenvalue weighted by Crippen LogP contribution is -2.08. The molecule has 0 amide bonds. The number of hydrogen-bond donors (Lipinski definition) is 2. The number of anilines is 2. The Labute approximate surface area is 108 Å². The predicted molar refractivity (Wildman–Crippen MR) is 74.1 cm³/mol. The van der Waals surface area contributed by atoms with Crippen LogP contribution in [0.5, 0.6) is 0 Å². The third-order valence-electron chi connectivity index (χ3n) is 2.79. The summed E-state index contributed by atoms with van der Waals surface area (Å²) in [5, 5.41) is 0. The second kappa shape index (κ2) is 7.58. The highest BCUT2D eigenvalue weighted by molar-refractivity contribution is 5.69. The average Bonchev–Trinajstić information content (AvgIpc) is 2.32. The molecule has 0 atom stereocenters. The van der Waals surface area contributed by atoms with Gasteiger partial charge in [0.05, 0.1) is 6.61 Å². The zero-order chi connectivity index (χ0) is 13.4. The number of rotatable bonds is 7. The zero-order valence-electron chi connectivity index (χ0n) is 10.9. The number of nitrogens with two attached hydrogens (primary N) is 2. The SMILES string of the molecule is CCCCCC(=O)OCCc1ccc(N)cc1N. The van der Waals surface area contributed by atoms with Crippen molar-refractivity contribution in [1.29, 1.82) is 0 Å². The molecule has 0 unspecified atom stereocenters. The van der Waals surface area contributed by atoms with Crippen molar-refractivity contribution in [3.8, 4) is 0 Å². The van der Waals surface area contributed by atoms with Crippen LogP contribution in [-0.2, 0) is 16.0 Å². The van der Waals surface area contributed by atoms with Crippen LogP contribution in [0.2, 0.25) is 0 Å². The summed E-state index contributed by atoms with van der Waals surface area (Å²) in [4.78, 5) is 11.4. The number of unbranched alkanes of at least 4 members (excludes halogenated alkanes) is 2. The van der Waals surface area contributed by atoms with E-state index in [0.29, 0.717) is 30.8 Å². The number of esters is 1. The summed E-state index contributed by atoms with van der Waals surface area (Å²) in [6.07, 6.45) is 4.21. The summed E-state index contributed by atoms with van der Waals surface area (Å²) in [6.45, 7) is 2.48. The Hall–Kier alpha value is -1.71. The van der Waals surface area contributed by atoms with Crippen molar-refractivity contribution in [2.45, 2.75) is 39.0 Å². The Morgan fingerprint density at radius 3 is 2.72 bits per heavy atom. The van der Waals surface area contributed by atoms with Crippen molar-refractivity contribution in [3.63, 3.8) is 0 Å². The van der Waals surface area contributed by atoms with Crippen LogP contribution in [0.1, 0.15) is 38.2 Å². The van der Waals surface area contributed by atoms with Gasteiger partial charge in [0.25, 0.3) is 0 Å². The maximum atomic E-state index is 11.4. The lowest BCUT2D eigenvalue weighted by molar-refractivity contribution is -0.143. The van der Waals surface area contributed by atoms with E-state index in [2.05, 4.69) is 6.92 Å². The molecule has 0 bridgehead atoms. The molecule has 0 saturated heterocycles. The molecule has 0 fully saturated rings. The zero-order valence-corrected chi connectivity index (χ0v) is 10.9. The van der Waals surface area contributed by atoms with Crippen molar-refractivity contribution in [2.75, 3.05) is 18.1 Å². The topological polar surface area (TPSA) is 78.3 Å². The first-order valence-electron chi connectivity index (χ1n) is 6.43. The van der Waals surface area contributed by atoms with Crippen LogP contribution >= 0.6 is 0 Å². The molecular weight excluding hydrogens is 228 g/mol. The second-order valence-corrected chi connectivity index (χ2v) is 4.39. The molecule has 1 rings (SSSR count). The van der Waals surface area contributed by atoms with Gasteiger partial charge in [0.2, 0.25) is 0 Å². The Kier molecular flexibility index (Phi) is 6.05. The van der Waals surface area contributed by atoms with E-state index in [1.807, 2.05) is 6.07 Å². The van der Waals surface area contributed by atoms with Crippen LogP contribution in [0.15, 0.2) is 18.2 Å². The molecule has 0 saturated carbocycles. The third kappa shape index (κ3) is 5.08. The van der Waals surface area contributed by atoms with E-state index in [1.54, 1.807) is 12.1 Å². The van der Waals surface area contributed by atoms with Crippen molar-refractivity contribution < 1.29 is 9.53 Å². The molecule has 4 heteroatoms. The minimum atomic E-state index is -0.127. The molecule has 0 aliphatic heterocycles. The van der Waals surface area contributed by atoms with Gasteiger partial charge in [0.1, 0.15) is 0 Å². The van der Waals surface area contributed by atoms with Gasteiger partial charge in [-0.1, -0.05) is 25.8 Å². The third-order valence-corrected chi connectivity index (χ3v) is 2.79. The van der Waals surface area contributed by atoms with Crippen molar-refractivity contribution in [2.24, 2.45) is 0 Å². The Bertz CT molecular complexity index is 391. The van der Waals surface area contributed by atoms with Crippen LogP contribution < -0.4 is 11.5 Å². The van der Waals surface area contributed by atoms with Gasteiger partial charge in [0, 0.05) is 24.2 Å². The van der Waals surface area contributed by atoms with Gasteiger partial charge in [-0.2, -0.15) is 0 Å². The van der Waals surface area contributed by atoms with E-state index < -0.39 is 0 Å². The number of hydrogen-bond acceptors (Lipinski definition) is 4. The first-order chi connectivity index (χ1) is 8.63. The monoisotopic (exact) mass is 250 g/mol. The van der Waals surface area contributed by atoms with Gasteiger partial charge < -0.3 is 16.2 Å². The van der Waals surface area contributed by atoms with E-state index in [0.717, 1.165) is 24.8 Å². The number of ether oxygens (including phenoxy) is 1. The number of benzene rings is 1. The normalized spacial score (nSPS) is 10.3. The van der Waals surface area contributed by atoms with Crippen LogP contribution in [0.25, 0.3) is 0 Å². The fourth-order valence-corrected chi connectivity index (χ4v) is 1.71. The number of carbonyl (C=O) groups is 1. The van der Waals surface area contributed by atoms with Crippen molar-refractivity contribution in [3.05, 3.63) is 23.8 Å². The maximum absolute atomic E-state index is 11.4. The molecule has 1 aromatic rings. The molecule has 1 aromatic carbocycles. The predicted octanol–water partition coefficient (Wildman–Crippen LogP) is 2.52.